The number of ether oxygens (including phenoxy) is 1. The molecule has 180 valence electrons. The predicted molar refractivity (Wildman–Crippen MR) is 137 cm³/mol. The lowest BCUT2D eigenvalue weighted by Crippen LogP contribution is -2.30. The van der Waals surface area contributed by atoms with Crippen molar-refractivity contribution in [3.05, 3.63) is 83.4 Å². The molecule has 3 aromatic carbocycles. The van der Waals surface area contributed by atoms with E-state index < -0.39 is 16.1 Å². The number of carbonyl (C=O) groups excluding carboxylic acids is 1. The molecule has 0 unspecified atom stereocenters. The highest BCUT2D eigenvalue weighted by Crippen LogP contribution is 2.25. The Labute approximate surface area is 202 Å². The van der Waals surface area contributed by atoms with Crippen LogP contribution in [0.2, 0.25) is 0 Å². The fourth-order valence-corrected chi connectivity index (χ4v) is 4.52. The minimum Gasteiger partial charge on any atom is -0.481 e. The summed E-state index contributed by atoms with van der Waals surface area (Å²) < 4.78 is 33.9. The van der Waals surface area contributed by atoms with Gasteiger partial charge in [0, 0.05) is 5.69 Å². The molecule has 7 heteroatoms. The van der Waals surface area contributed by atoms with Crippen LogP contribution in [0, 0.1) is 13.8 Å². The lowest BCUT2D eigenvalue weighted by molar-refractivity contribution is -0.122. The van der Waals surface area contributed by atoms with E-state index in [9.17, 15) is 13.2 Å². The molecule has 34 heavy (non-hydrogen) atoms. The minimum absolute atomic E-state index is 0.0374. The zero-order chi connectivity index (χ0) is 25.1. The summed E-state index contributed by atoms with van der Waals surface area (Å²) in [6.45, 7) is 11.9. The quantitative estimate of drug-likeness (QED) is 0.447. The molecule has 0 spiro atoms. The van der Waals surface area contributed by atoms with E-state index in [1.165, 1.54) is 17.7 Å². The van der Waals surface area contributed by atoms with Gasteiger partial charge in [0.25, 0.3) is 15.9 Å². The number of anilines is 2. The number of carbonyl (C=O) groups is 1. The van der Waals surface area contributed by atoms with Crippen LogP contribution >= 0.6 is 0 Å². The fourth-order valence-electron chi connectivity index (χ4n) is 3.38. The largest absolute Gasteiger partial charge is 0.481 e. The first-order valence-corrected chi connectivity index (χ1v) is 12.6. The molecule has 0 aromatic heterocycles. The van der Waals surface area contributed by atoms with Gasteiger partial charge >= 0.3 is 0 Å². The maximum atomic E-state index is 12.8. The summed E-state index contributed by atoms with van der Waals surface area (Å²) in [6, 6.07) is 19.2. The maximum absolute atomic E-state index is 12.8. The van der Waals surface area contributed by atoms with Gasteiger partial charge in [0.2, 0.25) is 0 Å². The van der Waals surface area contributed by atoms with Crippen LogP contribution in [0.5, 0.6) is 5.75 Å². The zero-order valence-corrected chi connectivity index (χ0v) is 21.3. The first-order chi connectivity index (χ1) is 15.8. The lowest BCUT2D eigenvalue weighted by Gasteiger charge is -2.20. The molecule has 1 amide bonds. The molecule has 3 aromatic rings. The predicted octanol–water partition coefficient (Wildman–Crippen LogP) is 5.81. The number of benzene rings is 3. The molecule has 1 atom stereocenters. The summed E-state index contributed by atoms with van der Waals surface area (Å²) >= 11 is 0. The van der Waals surface area contributed by atoms with Crippen molar-refractivity contribution in [2.75, 3.05) is 10.0 Å². The van der Waals surface area contributed by atoms with Crippen LogP contribution in [0.1, 0.15) is 44.4 Å². The highest BCUT2D eigenvalue weighted by Gasteiger charge is 2.18. The van der Waals surface area contributed by atoms with Gasteiger partial charge in [-0.15, -0.1) is 0 Å². The Morgan fingerprint density at radius 2 is 1.53 bits per heavy atom. The van der Waals surface area contributed by atoms with Gasteiger partial charge in [-0.05, 0) is 79.8 Å². The van der Waals surface area contributed by atoms with Gasteiger partial charge in [0.15, 0.2) is 6.10 Å². The van der Waals surface area contributed by atoms with Crippen molar-refractivity contribution >= 4 is 27.3 Å². The summed E-state index contributed by atoms with van der Waals surface area (Å²) in [7, 11) is -3.75. The topological polar surface area (TPSA) is 84.5 Å². The number of aryl methyl sites for hydroxylation is 2. The van der Waals surface area contributed by atoms with Crippen molar-refractivity contribution in [2.24, 2.45) is 0 Å². The molecule has 0 heterocycles. The summed E-state index contributed by atoms with van der Waals surface area (Å²) in [4.78, 5) is 12.7. The second kappa shape index (κ2) is 9.89. The van der Waals surface area contributed by atoms with Crippen molar-refractivity contribution in [2.45, 2.75) is 58.0 Å². The summed E-state index contributed by atoms with van der Waals surface area (Å²) in [6.07, 6.45) is -0.727. The second-order valence-electron chi connectivity index (χ2n) is 9.47. The summed E-state index contributed by atoms with van der Waals surface area (Å²) in [5.74, 6) is 0.276. The molecule has 0 aliphatic heterocycles. The molecule has 0 aliphatic rings. The van der Waals surface area contributed by atoms with Crippen molar-refractivity contribution in [1.29, 1.82) is 0 Å². The van der Waals surface area contributed by atoms with Gasteiger partial charge < -0.3 is 10.1 Å². The molecule has 6 nitrogen and oxygen atoms in total. The van der Waals surface area contributed by atoms with Gasteiger partial charge in [0.05, 0.1) is 10.6 Å². The Kier molecular flexibility index (Phi) is 7.36. The van der Waals surface area contributed by atoms with Gasteiger partial charge in [-0.25, -0.2) is 8.42 Å². The van der Waals surface area contributed by atoms with Crippen molar-refractivity contribution in [3.63, 3.8) is 0 Å². The van der Waals surface area contributed by atoms with Gasteiger partial charge in [-0.3, -0.25) is 9.52 Å². The first kappa shape index (κ1) is 25.3. The molecule has 2 N–H and O–H groups in total. The Bertz CT molecular complexity index is 1260. The highest BCUT2D eigenvalue weighted by atomic mass is 32.2. The highest BCUT2D eigenvalue weighted by molar-refractivity contribution is 7.92. The standard InChI is InChI=1S/C27H32N2O4S/c1-18-7-16-25(19(2)17-18)29-34(31,32)24-14-10-22(11-15-24)28-26(30)20(3)33-23-12-8-21(9-13-23)27(4,5)6/h7-17,20,29H,1-6H3,(H,28,30)/t20-/m1/s1. The van der Waals surface area contributed by atoms with E-state index >= 15 is 0 Å². The maximum Gasteiger partial charge on any atom is 0.265 e. The third-order valence-electron chi connectivity index (χ3n) is 5.46. The van der Waals surface area contributed by atoms with Crippen molar-refractivity contribution < 1.29 is 17.9 Å². The van der Waals surface area contributed by atoms with Crippen LogP contribution in [0.15, 0.2) is 71.6 Å². The molecule has 0 bridgehead atoms. The number of rotatable bonds is 7. The third-order valence-corrected chi connectivity index (χ3v) is 6.84. The minimum atomic E-state index is -3.75. The number of amides is 1. The average Bonchev–Trinajstić information content (AvgIpc) is 2.76. The van der Waals surface area contributed by atoms with Crippen molar-refractivity contribution in [1.82, 2.24) is 0 Å². The van der Waals surface area contributed by atoms with E-state index in [0.717, 1.165) is 11.1 Å². The van der Waals surface area contributed by atoms with E-state index in [4.69, 9.17) is 4.74 Å². The summed E-state index contributed by atoms with van der Waals surface area (Å²) in [5, 5.41) is 2.76. The number of hydrogen-bond acceptors (Lipinski definition) is 4. The van der Waals surface area contributed by atoms with Gasteiger partial charge in [0.1, 0.15) is 5.75 Å². The molecule has 0 fully saturated rings. The SMILES string of the molecule is Cc1ccc(NS(=O)(=O)c2ccc(NC(=O)[C@@H](C)Oc3ccc(C(C)(C)C)cc3)cc2)c(C)c1. The number of hydrogen-bond donors (Lipinski definition) is 2. The number of sulfonamides is 1. The smallest absolute Gasteiger partial charge is 0.265 e. The van der Waals surface area contributed by atoms with Crippen molar-refractivity contribution in [3.8, 4) is 5.75 Å². The lowest BCUT2D eigenvalue weighted by atomic mass is 9.87. The van der Waals surface area contributed by atoms with E-state index in [1.54, 1.807) is 25.1 Å². The van der Waals surface area contributed by atoms with E-state index in [-0.39, 0.29) is 16.2 Å². The van der Waals surface area contributed by atoms with Crippen LogP contribution < -0.4 is 14.8 Å². The Balaban J connectivity index is 1.62. The second-order valence-corrected chi connectivity index (χ2v) is 11.2. The van der Waals surface area contributed by atoms with E-state index in [0.29, 0.717) is 17.1 Å². The Hall–Kier alpha value is -3.32. The normalized spacial score (nSPS) is 12.6. The molecule has 0 aliphatic carbocycles. The number of nitrogens with one attached hydrogen (secondary N) is 2. The molecule has 0 saturated heterocycles. The first-order valence-electron chi connectivity index (χ1n) is 11.1. The molecule has 0 radical (unpaired) electrons. The van der Waals surface area contributed by atoms with E-state index in [2.05, 4.69) is 30.8 Å². The van der Waals surface area contributed by atoms with Crippen LogP contribution in [-0.4, -0.2) is 20.4 Å². The van der Waals surface area contributed by atoms with Crippen LogP contribution in [0.3, 0.4) is 0 Å². The van der Waals surface area contributed by atoms with Crippen LogP contribution in [0.25, 0.3) is 0 Å². The van der Waals surface area contributed by atoms with Gasteiger partial charge in [-0.1, -0.05) is 50.6 Å². The zero-order valence-electron chi connectivity index (χ0n) is 20.5. The third kappa shape index (κ3) is 6.38. The van der Waals surface area contributed by atoms with Crippen LogP contribution in [-0.2, 0) is 20.2 Å². The average molecular weight is 481 g/mol. The fraction of sp³-hybridized carbons (Fsp3) is 0.296. The Morgan fingerprint density at radius 1 is 0.912 bits per heavy atom. The molecular weight excluding hydrogens is 448 g/mol. The monoisotopic (exact) mass is 480 g/mol. The molecule has 0 saturated carbocycles. The molecule has 3 rings (SSSR count). The summed E-state index contributed by atoms with van der Waals surface area (Å²) in [5.41, 5.74) is 4.13. The van der Waals surface area contributed by atoms with Crippen LogP contribution in [0.4, 0.5) is 11.4 Å². The molecular formula is C27H32N2O4S. The van der Waals surface area contributed by atoms with E-state index in [1.807, 2.05) is 50.2 Å². The Morgan fingerprint density at radius 3 is 2.09 bits per heavy atom. The van der Waals surface area contributed by atoms with Gasteiger partial charge in [-0.2, -0.15) is 0 Å².